The Hall–Kier alpha value is -4.19. The van der Waals surface area contributed by atoms with Crippen LogP contribution in [0.3, 0.4) is 0 Å². The van der Waals surface area contributed by atoms with Crippen LogP contribution in [-0.4, -0.2) is 30.2 Å². The average Bonchev–Trinajstić information content (AvgIpc) is 3.32. The van der Waals surface area contributed by atoms with Crippen molar-refractivity contribution in [3.63, 3.8) is 0 Å². The maximum absolute atomic E-state index is 13.7. The Morgan fingerprint density at radius 1 is 1.19 bits per heavy atom. The van der Waals surface area contributed by atoms with Gasteiger partial charge < -0.3 is 11.1 Å². The summed E-state index contributed by atoms with van der Waals surface area (Å²) in [5, 5.41) is 9.12. The summed E-state index contributed by atoms with van der Waals surface area (Å²) in [4.78, 5) is 36.1. The van der Waals surface area contributed by atoms with Crippen LogP contribution in [0.1, 0.15) is 44.3 Å². The van der Waals surface area contributed by atoms with Crippen molar-refractivity contribution in [2.24, 2.45) is 24.5 Å². The van der Waals surface area contributed by atoms with Crippen molar-refractivity contribution in [1.29, 1.82) is 0 Å². The first-order chi connectivity index (χ1) is 20.2. The van der Waals surface area contributed by atoms with Gasteiger partial charge in [-0.2, -0.15) is 5.10 Å². The molecule has 0 radical (unpaired) electrons. The third-order valence-corrected chi connectivity index (χ3v) is 7.77. The topological polar surface area (TPSA) is 150 Å². The van der Waals surface area contributed by atoms with Gasteiger partial charge in [-0.15, -0.1) is 0 Å². The molecule has 5 rings (SSSR count). The predicted octanol–water partition coefficient (Wildman–Crippen LogP) is 4.77. The van der Waals surface area contributed by atoms with Gasteiger partial charge in [0.1, 0.15) is 5.16 Å². The zero-order chi connectivity index (χ0) is 30.0. The monoisotopic (exact) mass is 607 g/mol. The Kier molecular flexibility index (Phi) is 8.62. The number of nitrogens with one attached hydrogen (secondary N) is 1. The van der Waals surface area contributed by atoms with Crippen molar-refractivity contribution in [1.82, 2.24) is 24.3 Å². The lowest BCUT2D eigenvalue weighted by molar-refractivity contribution is -0.120. The molecule has 1 amide bonds. The van der Waals surface area contributed by atoms with Crippen LogP contribution in [0, 0.1) is 5.92 Å². The lowest BCUT2D eigenvalue weighted by Gasteiger charge is -2.23. The lowest BCUT2D eigenvalue weighted by atomic mass is 9.94. The summed E-state index contributed by atoms with van der Waals surface area (Å²) in [5.74, 6) is 5.93. The van der Waals surface area contributed by atoms with Crippen molar-refractivity contribution in [2.45, 2.75) is 38.6 Å². The molecule has 5 N–H and O–H groups in total. The number of anilines is 2. The molecule has 4 aromatic rings. The van der Waals surface area contributed by atoms with E-state index < -0.39 is 6.04 Å². The molecule has 1 aliphatic rings. The van der Waals surface area contributed by atoms with Gasteiger partial charge in [0.15, 0.2) is 0 Å². The number of fused-ring (bicyclic) bond motifs is 4. The molecule has 42 heavy (non-hydrogen) atoms. The number of pyridine rings is 1. The van der Waals surface area contributed by atoms with E-state index in [0.29, 0.717) is 59.0 Å². The van der Waals surface area contributed by atoms with E-state index in [1.54, 1.807) is 39.8 Å². The Morgan fingerprint density at radius 2 is 2.00 bits per heavy atom. The molecule has 0 saturated carbocycles. The van der Waals surface area contributed by atoms with E-state index in [2.05, 4.69) is 20.4 Å². The number of rotatable bonds is 5. The number of carbonyl (C=O) groups is 1. The summed E-state index contributed by atoms with van der Waals surface area (Å²) in [7, 11) is 1.82. The second-order valence-electron chi connectivity index (χ2n) is 10.1. The van der Waals surface area contributed by atoms with Gasteiger partial charge in [-0.25, -0.2) is 10.8 Å². The molecule has 13 heteroatoms. The normalized spacial score (nSPS) is 17.5. The first-order valence-corrected chi connectivity index (χ1v) is 14.3. The number of hydrogen-bond donors (Lipinski definition) is 3. The minimum Gasteiger partial charge on any atom is -0.388 e. The van der Waals surface area contributed by atoms with Crippen molar-refractivity contribution in [3.05, 3.63) is 87.5 Å². The number of aryl methyl sites for hydroxylation is 1. The van der Waals surface area contributed by atoms with E-state index in [4.69, 9.17) is 34.8 Å². The van der Waals surface area contributed by atoms with E-state index in [0.717, 1.165) is 11.3 Å². The van der Waals surface area contributed by atoms with Gasteiger partial charge in [-0.3, -0.25) is 28.8 Å². The maximum Gasteiger partial charge on any atom is 0.254 e. The molecule has 0 saturated heterocycles. The van der Waals surface area contributed by atoms with Crippen LogP contribution in [0.5, 0.6) is 0 Å². The largest absolute Gasteiger partial charge is 0.388 e. The summed E-state index contributed by atoms with van der Waals surface area (Å²) >= 11 is 12.1. The number of halogens is 2. The van der Waals surface area contributed by atoms with Gasteiger partial charge in [0.2, 0.25) is 5.91 Å². The van der Waals surface area contributed by atoms with E-state index in [9.17, 15) is 9.59 Å². The summed E-state index contributed by atoms with van der Waals surface area (Å²) in [6.07, 6.45) is 8.84. The minimum atomic E-state index is -0.417. The lowest BCUT2D eigenvalue weighted by Crippen LogP contribution is -2.28. The number of hydrazine groups is 1. The molecule has 218 valence electrons. The molecule has 1 aromatic carbocycles. The molecule has 2 bridgehead atoms. The molecule has 0 fully saturated rings. The molecular weight excluding hydrogens is 577 g/mol. The molecule has 2 atom stereocenters. The predicted molar refractivity (Wildman–Crippen MR) is 165 cm³/mol. The van der Waals surface area contributed by atoms with Crippen LogP contribution in [0.25, 0.3) is 22.5 Å². The van der Waals surface area contributed by atoms with E-state index in [1.165, 1.54) is 23.6 Å². The van der Waals surface area contributed by atoms with Crippen molar-refractivity contribution in [3.8, 4) is 22.5 Å². The molecule has 2 unspecified atom stereocenters. The first-order valence-electron chi connectivity index (χ1n) is 13.5. The summed E-state index contributed by atoms with van der Waals surface area (Å²) in [5.41, 5.74) is 9.65. The zero-order valence-electron chi connectivity index (χ0n) is 23.2. The van der Waals surface area contributed by atoms with Gasteiger partial charge in [0.25, 0.3) is 5.56 Å². The fourth-order valence-corrected chi connectivity index (χ4v) is 5.60. The SMILES string of the molecule is CCC1CCCC(n2cnc(-c3cc(Cl)ccc3N(N)/C=C(\N)Cl)cc2=O)c2cc(ccn2)-c2c(cnn2C)NC1=O. The standard InChI is InChI=1S/C29H31Cl2N9O2/c1-3-17-5-4-6-25(22-11-18(9-10-34-22)28-23(37-29(17)42)14-36-38(28)2)39-16-35-21(13-27(39)41)20-12-19(30)7-8-24(20)40(33)15-26(31)32/h7-17,25H,3-6,32-33H2,1-2H3,(H,37,42)/b26-15-. The van der Waals surface area contributed by atoms with Crippen LogP contribution < -0.4 is 27.5 Å². The fraction of sp³-hybridized carbons (Fsp3) is 0.276. The molecule has 4 heterocycles. The molecule has 3 aromatic heterocycles. The highest BCUT2D eigenvalue weighted by molar-refractivity contribution is 6.31. The highest BCUT2D eigenvalue weighted by Crippen LogP contribution is 2.34. The molecular formula is C29H31Cl2N9O2. The van der Waals surface area contributed by atoms with Gasteiger partial charge in [0, 0.05) is 41.4 Å². The van der Waals surface area contributed by atoms with Crippen molar-refractivity contribution >= 4 is 40.5 Å². The van der Waals surface area contributed by atoms with Crippen LogP contribution >= 0.6 is 23.2 Å². The minimum absolute atomic E-state index is 0.0138. The molecule has 1 aliphatic heterocycles. The Balaban J connectivity index is 1.59. The zero-order valence-corrected chi connectivity index (χ0v) is 24.7. The Bertz CT molecular complexity index is 1710. The highest BCUT2D eigenvalue weighted by Gasteiger charge is 2.25. The van der Waals surface area contributed by atoms with Crippen LogP contribution in [0.15, 0.2) is 71.3 Å². The molecule has 11 nitrogen and oxygen atoms in total. The van der Waals surface area contributed by atoms with E-state index in [-0.39, 0.29) is 22.5 Å². The average molecular weight is 609 g/mol. The third-order valence-electron chi connectivity index (χ3n) is 7.43. The number of nitrogens with two attached hydrogens (primary N) is 2. The van der Waals surface area contributed by atoms with Gasteiger partial charge in [-0.1, -0.05) is 36.5 Å². The van der Waals surface area contributed by atoms with Crippen LogP contribution in [-0.2, 0) is 11.8 Å². The maximum atomic E-state index is 13.7. The second kappa shape index (κ2) is 12.4. The van der Waals surface area contributed by atoms with Gasteiger partial charge >= 0.3 is 0 Å². The summed E-state index contributed by atoms with van der Waals surface area (Å²) < 4.78 is 3.29. The molecule has 0 spiro atoms. The van der Waals surface area contributed by atoms with Gasteiger partial charge in [0.05, 0.1) is 53.2 Å². The van der Waals surface area contributed by atoms with E-state index >= 15 is 0 Å². The number of amides is 1. The van der Waals surface area contributed by atoms with Gasteiger partial charge in [-0.05, 0) is 49.6 Å². The quantitative estimate of drug-likeness (QED) is 0.167. The highest BCUT2D eigenvalue weighted by atomic mass is 35.5. The number of aromatic nitrogens is 5. The smallest absolute Gasteiger partial charge is 0.254 e. The number of nitrogens with zero attached hydrogens (tertiary/aromatic N) is 6. The Morgan fingerprint density at radius 3 is 2.74 bits per heavy atom. The summed E-state index contributed by atoms with van der Waals surface area (Å²) in [6, 6.07) is 9.85. The van der Waals surface area contributed by atoms with Crippen LogP contribution in [0.4, 0.5) is 11.4 Å². The third kappa shape index (κ3) is 6.03. The fourth-order valence-electron chi connectivity index (χ4n) is 5.32. The first kappa shape index (κ1) is 29.3. The molecule has 0 aliphatic carbocycles. The Labute approximate surface area is 252 Å². The number of carbonyl (C=O) groups excluding carboxylic acids is 1. The van der Waals surface area contributed by atoms with E-state index in [1.807, 2.05) is 26.1 Å². The number of benzene rings is 1. The summed E-state index contributed by atoms with van der Waals surface area (Å²) in [6.45, 7) is 2.00. The second-order valence-corrected chi connectivity index (χ2v) is 11.0. The van der Waals surface area contributed by atoms with Crippen molar-refractivity contribution in [2.75, 3.05) is 10.3 Å². The van der Waals surface area contributed by atoms with Crippen LogP contribution in [0.2, 0.25) is 5.02 Å². The van der Waals surface area contributed by atoms with Crippen molar-refractivity contribution < 1.29 is 4.79 Å². The number of hydrogen-bond acceptors (Lipinski definition) is 8.